The number of hydrogen-bond donors (Lipinski definition) is 1. The quantitative estimate of drug-likeness (QED) is 0.699. The van der Waals surface area contributed by atoms with Gasteiger partial charge in [-0.2, -0.15) is 0 Å². The predicted molar refractivity (Wildman–Crippen MR) is 126 cm³/mol. The summed E-state index contributed by atoms with van der Waals surface area (Å²) < 4.78 is 0. The Balaban J connectivity index is 1.42. The molecule has 0 radical (unpaired) electrons. The molecule has 0 unspecified atom stereocenters. The van der Waals surface area contributed by atoms with Crippen LogP contribution in [-0.4, -0.2) is 31.2 Å². The van der Waals surface area contributed by atoms with Gasteiger partial charge >= 0.3 is 0 Å². The van der Waals surface area contributed by atoms with Crippen molar-refractivity contribution in [3.05, 3.63) is 47.7 Å². The number of benzene rings is 1. The first-order valence-electron chi connectivity index (χ1n) is 11.9. The molecule has 2 aliphatic heterocycles. The normalized spacial score (nSPS) is 24.1. The van der Waals surface area contributed by atoms with Crippen molar-refractivity contribution in [2.45, 2.75) is 70.6 Å². The number of hydrogen-bond acceptors (Lipinski definition) is 3. The predicted octanol–water partition coefficient (Wildman–Crippen LogP) is 5.68. The minimum absolute atomic E-state index is 0.231. The summed E-state index contributed by atoms with van der Waals surface area (Å²) in [7, 11) is 0. The van der Waals surface area contributed by atoms with Crippen molar-refractivity contribution in [1.29, 1.82) is 0 Å². The van der Waals surface area contributed by atoms with Crippen LogP contribution in [0.3, 0.4) is 0 Å². The number of aromatic nitrogens is 1. The largest absolute Gasteiger partial charge is 0.371 e. The van der Waals surface area contributed by atoms with Crippen molar-refractivity contribution < 1.29 is 0 Å². The number of nitrogens with zero attached hydrogens (tertiary/aromatic N) is 2. The zero-order chi connectivity index (χ0) is 21.0. The van der Waals surface area contributed by atoms with Crippen LogP contribution in [0.1, 0.15) is 70.9 Å². The minimum Gasteiger partial charge on any atom is -0.371 e. The standard InChI is InChI=1S/C27H37N3/c1-25(2)8-9-26(3,4)23-17-20(5-6-22(23)25)24-18-21(7-13-29-24)30-15-11-27(12-16-30)10-14-28-19-27/h5-7,13,17-18,28H,8-12,14-16,19H2,1-4H3. The van der Waals surface area contributed by atoms with Crippen molar-refractivity contribution in [3.8, 4) is 11.3 Å². The Morgan fingerprint density at radius 2 is 1.57 bits per heavy atom. The highest BCUT2D eigenvalue weighted by Crippen LogP contribution is 2.47. The molecule has 2 saturated heterocycles. The van der Waals surface area contributed by atoms with Gasteiger partial charge < -0.3 is 10.2 Å². The number of anilines is 1. The number of nitrogens with one attached hydrogen (secondary N) is 1. The molecule has 0 bridgehead atoms. The van der Waals surface area contributed by atoms with Gasteiger partial charge in [0, 0.05) is 37.1 Å². The van der Waals surface area contributed by atoms with Crippen LogP contribution in [0.25, 0.3) is 11.3 Å². The summed E-state index contributed by atoms with van der Waals surface area (Å²) >= 11 is 0. The van der Waals surface area contributed by atoms with Gasteiger partial charge in [-0.15, -0.1) is 0 Å². The second kappa shape index (κ2) is 7.09. The molecule has 3 heterocycles. The Morgan fingerprint density at radius 3 is 2.27 bits per heavy atom. The topological polar surface area (TPSA) is 28.2 Å². The lowest BCUT2D eigenvalue weighted by Crippen LogP contribution is -2.41. The molecule has 1 N–H and O–H groups in total. The molecule has 160 valence electrons. The lowest BCUT2D eigenvalue weighted by molar-refractivity contribution is 0.247. The van der Waals surface area contributed by atoms with Gasteiger partial charge in [0.25, 0.3) is 0 Å². The lowest BCUT2D eigenvalue weighted by atomic mass is 9.63. The SMILES string of the molecule is CC1(C)CCC(C)(C)c2cc(-c3cc(N4CCC5(CCNC5)CC4)ccn3)ccc21. The first kappa shape index (κ1) is 20.1. The van der Waals surface area contributed by atoms with E-state index in [0.29, 0.717) is 5.41 Å². The molecule has 0 atom stereocenters. The van der Waals surface area contributed by atoms with Gasteiger partial charge in [0.2, 0.25) is 0 Å². The average Bonchev–Trinajstić information content (AvgIpc) is 3.20. The van der Waals surface area contributed by atoms with Crippen molar-refractivity contribution in [1.82, 2.24) is 10.3 Å². The molecule has 2 fully saturated rings. The fourth-order valence-corrected chi connectivity index (χ4v) is 5.98. The van der Waals surface area contributed by atoms with Crippen molar-refractivity contribution in [3.63, 3.8) is 0 Å². The van der Waals surface area contributed by atoms with E-state index in [0.717, 1.165) is 18.8 Å². The molecule has 3 aliphatic rings. The lowest BCUT2D eigenvalue weighted by Gasteiger charge is -2.42. The molecule has 0 saturated carbocycles. The van der Waals surface area contributed by atoms with Crippen LogP contribution in [0.2, 0.25) is 0 Å². The van der Waals surface area contributed by atoms with Gasteiger partial charge in [-0.3, -0.25) is 4.98 Å². The maximum absolute atomic E-state index is 4.77. The summed E-state index contributed by atoms with van der Waals surface area (Å²) in [6.07, 6.45) is 8.46. The fourth-order valence-electron chi connectivity index (χ4n) is 5.98. The minimum atomic E-state index is 0.231. The Morgan fingerprint density at radius 1 is 0.833 bits per heavy atom. The first-order valence-corrected chi connectivity index (χ1v) is 11.9. The first-order chi connectivity index (χ1) is 14.3. The van der Waals surface area contributed by atoms with E-state index in [1.165, 1.54) is 67.6 Å². The second-order valence-electron chi connectivity index (χ2n) is 11.3. The summed E-state index contributed by atoms with van der Waals surface area (Å²) in [5.74, 6) is 0. The molecule has 1 aromatic carbocycles. The number of pyridine rings is 1. The fraction of sp³-hybridized carbons (Fsp3) is 0.593. The van der Waals surface area contributed by atoms with Gasteiger partial charge in [0.15, 0.2) is 0 Å². The van der Waals surface area contributed by atoms with Crippen molar-refractivity contribution in [2.75, 3.05) is 31.1 Å². The Kier molecular flexibility index (Phi) is 4.74. The number of fused-ring (bicyclic) bond motifs is 1. The smallest absolute Gasteiger partial charge is 0.0722 e. The Labute approximate surface area is 182 Å². The van der Waals surface area contributed by atoms with E-state index in [1.807, 2.05) is 6.20 Å². The molecule has 1 aliphatic carbocycles. The van der Waals surface area contributed by atoms with Crippen LogP contribution in [0.15, 0.2) is 36.5 Å². The zero-order valence-corrected chi connectivity index (χ0v) is 19.2. The molecular weight excluding hydrogens is 366 g/mol. The Bertz CT molecular complexity index is 927. The van der Waals surface area contributed by atoms with Gasteiger partial charge in [0.1, 0.15) is 0 Å². The summed E-state index contributed by atoms with van der Waals surface area (Å²) in [6.45, 7) is 14.3. The van der Waals surface area contributed by atoms with E-state index in [9.17, 15) is 0 Å². The van der Waals surface area contributed by atoms with E-state index in [2.05, 4.69) is 68.2 Å². The van der Waals surface area contributed by atoms with E-state index in [4.69, 9.17) is 4.98 Å². The maximum Gasteiger partial charge on any atom is 0.0722 e. The third kappa shape index (κ3) is 3.45. The van der Waals surface area contributed by atoms with Crippen molar-refractivity contribution in [2.24, 2.45) is 5.41 Å². The Hall–Kier alpha value is -1.87. The average molecular weight is 404 g/mol. The molecule has 1 spiro atoms. The summed E-state index contributed by atoms with van der Waals surface area (Å²) in [4.78, 5) is 7.34. The molecule has 3 heteroatoms. The van der Waals surface area contributed by atoms with Gasteiger partial charge in [0.05, 0.1) is 5.69 Å². The molecule has 5 rings (SSSR count). The highest BCUT2D eigenvalue weighted by Gasteiger charge is 2.38. The van der Waals surface area contributed by atoms with E-state index < -0.39 is 0 Å². The molecule has 2 aromatic rings. The molecule has 30 heavy (non-hydrogen) atoms. The molecule has 1 aromatic heterocycles. The van der Waals surface area contributed by atoms with Gasteiger partial charge in [-0.25, -0.2) is 0 Å². The second-order valence-corrected chi connectivity index (χ2v) is 11.3. The summed E-state index contributed by atoms with van der Waals surface area (Å²) in [5, 5.41) is 3.58. The van der Waals surface area contributed by atoms with Crippen LogP contribution < -0.4 is 10.2 Å². The molecule has 3 nitrogen and oxygen atoms in total. The van der Waals surface area contributed by atoms with Crippen LogP contribution in [0.4, 0.5) is 5.69 Å². The van der Waals surface area contributed by atoms with Crippen LogP contribution in [0, 0.1) is 5.41 Å². The monoisotopic (exact) mass is 403 g/mol. The van der Waals surface area contributed by atoms with Crippen LogP contribution in [0.5, 0.6) is 0 Å². The zero-order valence-electron chi connectivity index (χ0n) is 19.2. The van der Waals surface area contributed by atoms with Crippen LogP contribution >= 0.6 is 0 Å². The number of piperidine rings is 1. The van der Waals surface area contributed by atoms with E-state index >= 15 is 0 Å². The third-order valence-electron chi connectivity index (χ3n) is 8.41. The summed E-state index contributed by atoms with van der Waals surface area (Å²) in [6, 6.07) is 11.6. The van der Waals surface area contributed by atoms with E-state index in [-0.39, 0.29) is 10.8 Å². The molecule has 0 amide bonds. The van der Waals surface area contributed by atoms with E-state index in [1.54, 1.807) is 0 Å². The maximum atomic E-state index is 4.77. The molecular formula is C27H37N3. The van der Waals surface area contributed by atoms with Crippen LogP contribution in [-0.2, 0) is 10.8 Å². The summed E-state index contributed by atoms with van der Waals surface area (Å²) in [5.41, 5.74) is 7.78. The van der Waals surface area contributed by atoms with Crippen molar-refractivity contribution >= 4 is 5.69 Å². The third-order valence-corrected chi connectivity index (χ3v) is 8.41. The number of rotatable bonds is 2. The highest BCUT2D eigenvalue weighted by atomic mass is 15.1. The van der Waals surface area contributed by atoms with Gasteiger partial charge in [-0.05, 0) is 84.2 Å². The highest BCUT2D eigenvalue weighted by molar-refractivity contribution is 5.67. The van der Waals surface area contributed by atoms with Gasteiger partial charge in [-0.1, -0.05) is 39.8 Å².